The van der Waals surface area contributed by atoms with Crippen LogP contribution in [0.5, 0.6) is 0 Å². The topological polar surface area (TPSA) is 93.1 Å². The largest absolute Gasteiger partial charge is 0.340 e. The van der Waals surface area contributed by atoms with Crippen LogP contribution in [0.2, 0.25) is 0 Å². The first-order chi connectivity index (χ1) is 11.7. The van der Waals surface area contributed by atoms with Crippen LogP contribution in [-0.2, 0) is 18.2 Å². The Morgan fingerprint density at radius 1 is 0.760 bits per heavy atom. The summed E-state index contributed by atoms with van der Waals surface area (Å²) < 4.78 is 34.5. The number of hydrogen-bond acceptors (Lipinski definition) is 4. The van der Waals surface area contributed by atoms with Crippen molar-refractivity contribution < 1.29 is 28.0 Å². The Bertz CT molecular complexity index is 391. The van der Waals surface area contributed by atoms with Gasteiger partial charge in [0, 0.05) is 0 Å². The third-order valence-electron chi connectivity index (χ3n) is 4.47. The minimum atomic E-state index is -4.14. The number of unbranched alkanes of at least 4 members (excludes halogenated alkanes) is 2. The lowest BCUT2D eigenvalue weighted by atomic mass is 10.0. The van der Waals surface area contributed by atoms with Crippen LogP contribution in [-0.4, -0.2) is 28.9 Å². The standard InChI is InChI=1S/C17H38O6P2/c1-5-9-11-16(7-3)13-22-24(18,19)15-25(20,21)23-14-17(8-4)12-10-6-2/h16-17H,5-15H2,1-4H3,(H,18,19)(H,20,21). The van der Waals surface area contributed by atoms with Crippen LogP contribution in [0, 0.1) is 11.8 Å². The van der Waals surface area contributed by atoms with E-state index in [1.807, 2.05) is 13.8 Å². The van der Waals surface area contributed by atoms with Crippen LogP contribution >= 0.6 is 15.2 Å². The quantitative estimate of drug-likeness (QED) is 0.319. The fraction of sp³-hybridized carbons (Fsp3) is 1.00. The van der Waals surface area contributed by atoms with E-state index in [2.05, 4.69) is 13.8 Å². The van der Waals surface area contributed by atoms with Crippen LogP contribution in [0.4, 0.5) is 0 Å². The van der Waals surface area contributed by atoms with E-state index in [0.29, 0.717) is 0 Å². The zero-order chi connectivity index (χ0) is 19.3. The molecule has 0 spiro atoms. The molecule has 4 unspecified atom stereocenters. The van der Waals surface area contributed by atoms with Gasteiger partial charge in [-0.2, -0.15) is 0 Å². The molecule has 0 fully saturated rings. The van der Waals surface area contributed by atoms with E-state index in [-0.39, 0.29) is 25.0 Å². The molecule has 8 heteroatoms. The smallest absolute Gasteiger partial charge is 0.324 e. The molecule has 0 heterocycles. The highest BCUT2D eigenvalue weighted by molar-refractivity contribution is 7.70. The minimum Gasteiger partial charge on any atom is -0.324 e. The van der Waals surface area contributed by atoms with Gasteiger partial charge in [0.1, 0.15) is 0 Å². The third-order valence-corrected chi connectivity index (χ3v) is 8.43. The molecule has 0 saturated heterocycles. The van der Waals surface area contributed by atoms with E-state index in [1.165, 1.54) is 0 Å². The Morgan fingerprint density at radius 3 is 1.40 bits per heavy atom. The van der Waals surface area contributed by atoms with Crippen molar-refractivity contribution in [2.75, 3.05) is 19.1 Å². The zero-order valence-electron chi connectivity index (χ0n) is 16.4. The van der Waals surface area contributed by atoms with Crippen molar-refractivity contribution in [3.63, 3.8) is 0 Å². The van der Waals surface area contributed by atoms with E-state index in [0.717, 1.165) is 51.4 Å². The van der Waals surface area contributed by atoms with Gasteiger partial charge in [-0.25, -0.2) is 0 Å². The summed E-state index contributed by atoms with van der Waals surface area (Å²) in [5.74, 6) is -0.454. The average molecular weight is 400 g/mol. The molecule has 2 N–H and O–H groups in total. The molecule has 0 amide bonds. The van der Waals surface area contributed by atoms with Gasteiger partial charge in [-0.1, -0.05) is 66.2 Å². The van der Waals surface area contributed by atoms with Crippen molar-refractivity contribution in [3.05, 3.63) is 0 Å². The summed E-state index contributed by atoms with van der Waals surface area (Å²) in [6.45, 7) is 8.47. The zero-order valence-corrected chi connectivity index (χ0v) is 18.1. The maximum atomic E-state index is 12.1. The molecule has 0 aromatic carbocycles. The van der Waals surface area contributed by atoms with Crippen molar-refractivity contribution >= 4 is 15.2 Å². The third kappa shape index (κ3) is 13.2. The van der Waals surface area contributed by atoms with Gasteiger partial charge >= 0.3 is 15.2 Å². The van der Waals surface area contributed by atoms with Gasteiger partial charge in [-0.15, -0.1) is 0 Å². The van der Waals surface area contributed by atoms with E-state index < -0.39 is 21.1 Å². The fourth-order valence-electron chi connectivity index (χ4n) is 2.55. The van der Waals surface area contributed by atoms with Crippen LogP contribution in [0.1, 0.15) is 79.1 Å². The lowest BCUT2D eigenvalue weighted by molar-refractivity contribution is 0.194. The molecule has 152 valence electrons. The van der Waals surface area contributed by atoms with Crippen LogP contribution in [0.25, 0.3) is 0 Å². The highest BCUT2D eigenvalue weighted by atomic mass is 31.2. The predicted octanol–water partition coefficient (Wildman–Crippen LogP) is 5.78. The molecule has 0 aromatic rings. The number of hydrogen-bond donors (Lipinski definition) is 2. The minimum absolute atomic E-state index is 0.137. The normalized spacial score (nSPS) is 19.1. The van der Waals surface area contributed by atoms with Crippen LogP contribution in [0.3, 0.4) is 0 Å². The van der Waals surface area contributed by atoms with Crippen molar-refractivity contribution in [2.24, 2.45) is 11.8 Å². The second-order valence-electron chi connectivity index (χ2n) is 6.84. The summed E-state index contributed by atoms with van der Waals surface area (Å²) in [7, 11) is -8.28. The van der Waals surface area contributed by atoms with E-state index in [9.17, 15) is 18.9 Å². The van der Waals surface area contributed by atoms with E-state index in [4.69, 9.17) is 9.05 Å². The summed E-state index contributed by atoms with van der Waals surface area (Å²) in [5, 5.41) is 0. The van der Waals surface area contributed by atoms with E-state index in [1.54, 1.807) is 0 Å². The highest BCUT2D eigenvalue weighted by Crippen LogP contribution is 2.58. The molecule has 0 rings (SSSR count). The lowest BCUT2D eigenvalue weighted by Crippen LogP contribution is -2.11. The molecule has 0 saturated carbocycles. The molecule has 0 aromatic heterocycles. The summed E-state index contributed by atoms with van der Waals surface area (Å²) >= 11 is 0. The maximum absolute atomic E-state index is 12.1. The van der Waals surface area contributed by atoms with Gasteiger partial charge in [0.25, 0.3) is 0 Å². The van der Waals surface area contributed by atoms with Gasteiger partial charge in [0.2, 0.25) is 0 Å². The molecule has 0 aliphatic rings. The Labute approximate surface area is 153 Å². The second-order valence-corrected chi connectivity index (χ2v) is 11.0. The summed E-state index contributed by atoms with van der Waals surface area (Å²) in [6.07, 6.45) is 7.75. The molecule has 25 heavy (non-hydrogen) atoms. The summed E-state index contributed by atoms with van der Waals surface area (Å²) in [4.78, 5) is 19.8. The molecule has 0 bridgehead atoms. The first-order valence-corrected chi connectivity index (χ1v) is 13.1. The van der Waals surface area contributed by atoms with Crippen molar-refractivity contribution in [1.29, 1.82) is 0 Å². The fourth-order valence-corrected chi connectivity index (χ4v) is 5.89. The lowest BCUT2D eigenvalue weighted by Gasteiger charge is -2.21. The van der Waals surface area contributed by atoms with Crippen molar-refractivity contribution in [3.8, 4) is 0 Å². The van der Waals surface area contributed by atoms with Crippen LogP contribution < -0.4 is 0 Å². The van der Waals surface area contributed by atoms with Crippen molar-refractivity contribution in [1.82, 2.24) is 0 Å². The van der Waals surface area contributed by atoms with E-state index >= 15 is 0 Å². The van der Waals surface area contributed by atoms with Gasteiger partial charge in [-0.05, 0) is 24.7 Å². The molecule has 0 aliphatic carbocycles. The summed E-state index contributed by atoms with van der Waals surface area (Å²) in [6, 6.07) is 0. The second kappa shape index (κ2) is 13.5. The first kappa shape index (κ1) is 25.3. The van der Waals surface area contributed by atoms with Gasteiger partial charge in [0.15, 0.2) is 5.90 Å². The highest BCUT2D eigenvalue weighted by Gasteiger charge is 2.34. The first-order valence-electron chi connectivity index (χ1n) is 9.62. The van der Waals surface area contributed by atoms with Crippen LogP contribution in [0.15, 0.2) is 0 Å². The Hall–Kier alpha value is 0.300. The molecular weight excluding hydrogens is 362 g/mol. The molecule has 0 aliphatic heterocycles. The Morgan fingerprint density at radius 2 is 1.12 bits per heavy atom. The predicted molar refractivity (Wildman–Crippen MR) is 103 cm³/mol. The van der Waals surface area contributed by atoms with Crippen molar-refractivity contribution in [2.45, 2.75) is 79.1 Å². The Kier molecular flexibility index (Phi) is 13.6. The molecule has 0 radical (unpaired) electrons. The average Bonchev–Trinajstić information content (AvgIpc) is 2.54. The molecular formula is C17H38O6P2. The maximum Gasteiger partial charge on any atom is 0.340 e. The molecule has 4 atom stereocenters. The SMILES string of the molecule is CCCCC(CC)COP(=O)(O)CP(=O)(O)OCC(CC)CCCC. The number of rotatable bonds is 16. The molecule has 6 nitrogen and oxygen atoms in total. The van der Waals surface area contributed by atoms with Gasteiger partial charge < -0.3 is 18.8 Å². The van der Waals surface area contributed by atoms with Gasteiger partial charge in [0.05, 0.1) is 13.2 Å². The summed E-state index contributed by atoms with van der Waals surface area (Å²) in [5.41, 5.74) is 0. The Balaban J connectivity index is 4.43. The monoisotopic (exact) mass is 400 g/mol. The van der Waals surface area contributed by atoms with Gasteiger partial charge in [-0.3, -0.25) is 9.13 Å².